The number of ketones is 1. The smallest absolute Gasteiger partial charge is 0.176 e. The van der Waals surface area contributed by atoms with E-state index in [1.54, 1.807) is 0 Å². The van der Waals surface area contributed by atoms with E-state index in [1.807, 2.05) is 23.9 Å². The summed E-state index contributed by atoms with van der Waals surface area (Å²) in [5.74, 6) is 2.65. The molecule has 1 aliphatic rings. The molecule has 2 rings (SSSR count). The monoisotopic (exact) mass is 277 g/mol. The second-order valence-electron chi connectivity index (χ2n) is 5.11. The van der Waals surface area contributed by atoms with Gasteiger partial charge < -0.3 is 0 Å². The summed E-state index contributed by atoms with van der Waals surface area (Å²) in [4.78, 5) is 14.5. The van der Waals surface area contributed by atoms with E-state index < -0.39 is 0 Å². The molecule has 1 aliphatic heterocycles. The average Bonchev–Trinajstić information content (AvgIpc) is 2.68. The van der Waals surface area contributed by atoms with Crippen LogP contribution in [-0.4, -0.2) is 41.8 Å². The van der Waals surface area contributed by atoms with Crippen molar-refractivity contribution in [3.63, 3.8) is 0 Å². The van der Waals surface area contributed by atoms with Crippen LogP contribution < -0.4 is 0 Å². The highest BCUT2D eigenvalue weighted by Crippen LogP contribution is 2.12. The van der Waals surface area contributed by atoms with Crippen molar-refractivity contribution in [1.29, 1.82) is 0 Å². The molecule has 1 saturated heterocycles. The largest absolute Gasteiger partial charge is 0.295 e. The van der Waals surface area contributed by atoms with Gasteiger partial charge in [-0.15, -0.1) is 0 Å². The summed E-state index contributed by atoms with van der Waals surface area (Å²) in [5, 5.41) is 0. The van der Waals surface area contributed by atoms with Crippen molar-refractivity contribution in [3.8, 4) is 0 Å². The van der Waals surface area contributed by atoms with Gasteiger partial charge in [0.2, 0.25) is 0 Å². The summed E-state index contributed by atoms with van der Waals surface area (Å²) in [6, 6.07) is 8.16. The van der Waals surface area contributed by atoms with Gasteiger partial charge in [-0.1, -0.05) is 37.6 Å². The number of hydrogen-bond donors (Lipinski definition) is 0. The van der Waals surface area contributed by atoms with Gasteiger partial charge in [0.25, 0.3) is 0 Å². The summed E-state index contributed by atoms with van der Waals surface area (Å²) in [6.07, 6.45) is 3.45. The molecule has 2 nitrogen and oxygen atoms in total. The molecule has 0 N–H and O–H groups in total. The maximum absolute atomic E-state index is 12.2. The molecule has 0 unspecified atom stereocenters. The highest BCUT2D eigenvalue weighted by atomic mass is 32.2. The Kier molecular flexibility index (Phi) is 5.93. The summed E-state index contributed by atoms with van der Waals surface area (Å²) in [5.41, 5.74) is 2.18. The number of hydrogen-bond acceptors (Lipinski definition) is 3. The molecule has 0 saturated carbocycles. The molecule has 0 radical (unpaired) electrons. The van der Waals surface area contributed by atoms with E-state index in [0.717, 1.165) is 37.2 Å². The Balaban J connectivity index is 1.91. The first kappa shape index (κ1) is 14.6. The second-order valence-corrected chi connectivity index (χ2v) is 6.34. The molecule has 0 aromatic heterocycles. The van der Waals surface area contributed by atoms with Crippen LogP contribution in [0.5, 0.6) is 0 Å². The number of aryl methyl sites for hydroxylation is 1. The molecule has 0 spiro atoms. The molecule has 19 heavy (non-hydrogen) atoms. The molecular formula is C16H23NOS. The average molecular weight is 277 g/mol. The lowest BCUT2D eigenvalue weighted by molar-refractivity contribution is 0.0936. The minimum atomic E-state index is 0.259. The van der Waals surface area contributed by atoms with Crippen LogP contribution in [-0.2, 0) is 6.42 Å². The zero-order valence-corrected chi connectivity index (χ0v) is 12.5. The van der Waals surface area contributed by atoms with Gasteiger partial charge >= 0.3 is 0 Å². The Morgan fingerprint density at radius 1 is 1.21 bits per heavy atom. The van der Waals surface area contributed by atoms with Gasteiger partial charge in [-0.3, -0.25) is 9.69 Å². The minimum Gasteiger partial charge on any atom is -0.295 e. The van der Waals surface area contributed by atoms with Crippen LogP contribution in [0, 0.1) is 0 Å². The Morgan fingerprint density at radius 3 is 2.74 bits per heavy atom. The van der Waals surface area contributed by atoms with Gasteiger partial charge in [0.05, 0.1) is 6.54 Å². The fraction of sp³-hybridized carbons (Fsp3) is 0.562. The predicted octanol–water partition coefficient (Wildman–Crippen LogP) is 3.26. The van der Waals surface area contributed by atoms with Crippen molar-refractivity contribution in [2.75, 3.05) is 31.1 Å². The van der Waals surface area contributed by atoms with Gasteiger partial charge in [-0.2, -0.15) is 11.8 Å². The van der Waals surface area contributed by atoms with Gasteiger partial charge in [-0.05, 0) is 30.7 Å². The SMILES string of the molecule is CCCc1ccc(C(=O)CN2CCCSCC2)cc1. The fourth-order valence-corrected chi connectivity index (χ4v) is 3.32. The quantitative estimate of drug-likeness (QED) is 0.771. The Labute approximate surface area is 120 Å². The molecular weight excluding hydrogens is 254 g/mol. The van der Waals surface area contributed by atoms with Crippen molar-refractivity contribution in [1.82, 2.24) is 4.90 Å². The number of thioether (sulfide) groups is 1. The standard InChI is InChI=1S/C16H23NOS/c1-2-4-14-5-7-15(8-6-14)16(18)13-17-9-3-11-19-12-10-17/h5-8H,2-4,9-13H2,1H3. The van der Waals surface area contributed by atoms with Crippen LogP contribution >= 0.6 is 11.8 Å². The zero-order chi connectivity index (χ0) is 13.5. The van der Waals surface area contributed by atoms with E-state index in [1.165, 1.54) is 17.7 Å². The number of Topliss-reactive ketones (excluding diaryl/α,β-unsaturated/α-hetero) is 1. The molecule has 0 bridgehead atoms. The van der Waals surface area contributed by atoms with Crippen LogP contribution in [0.3, 0.4) is 0 Å². The molecule has 1 fully saturated rings. The molecule has 1 heterocycles. The third kappa shape index (κ3) is 4.66. The van der Waals surface area contributed by atoms with Gasteiger partial charge in [-0.25, -0.2) is 0 Å². The molecule has 1 aromatic carbocycles. The summed E-state index contributed by atoms with van der Waals surface area (Å²) in [7, 11) is 0. The van der Waals surface area contributed by atoms with Gasteiger partial charge in [0.1, 0.15) is 0 Å². The number of rotatable bonds is 5. The highest BCUT2D eigenvalue weighted by Gasteiger charge is 2.14. The topological polar surface area (TPSA) is 20.3 Å². The van der Waals surface area contributed by atoms with Crippen LogP contribution in [0.1, 0.15) is 35.7 Å². The normalized spacial score (nSPS) is 17.1. The first-order valence-electron chi connectivity index (χ1n) is 7.22. The Morgan fingerprint density at radius 2 is 2.00 bits per heavy atom. The molecule has 3 heteroatoms. The van der Waals surface area contributed by atoms with Crippen molar-refractivity contribution in [2.24, 2.45) is 0 Å². The van der Waals surface area contributed by atoms with E-state index in [4.69, 9.17) is 0 Å². The minimum absolute atomic E-state index is 0.259. The molecule has 104 valence electrons. The first-order chi connectivity index (χ1) is 9.29. The Bertz CT molecular complexity index is 394. The predicted molar refractivity (Wildman–Crippen MR) is 83.1 cm³/mol. The lowest BCUT2D eigenvalue weighted by Gasteiger charge is -2.18. The van der Waals surface area contributed by atoms with Crippen LogP contribution in [0.15, 0.2) is 24.3 Å². The van der Waals surface area contributed by atoms with Crippen LogP contribution in [0.25, 0.3) is 0 Å². The summed E-state index contributed by atoms with van der Waals surface area (Å²) < 4.78 is 0. The fourth-order valence-electron chi connectivity index (χ4n) is 2.40. The van der Waals surface area contributed by atoms with E-state index in [2.05, 4.69) is 24.0 Å². The third-order valence-corrected chi connectivity index (χ3v) is 4.55. The number of carbonyl (C=O) groups excluding carboxylic acids is 1. The zero-order valence-electron chi connectivity index (χ0n) is 11.7. The van der Waals surface area contributed by atoms with Crippen molar-refractivity contribution < 1.29 is 4.79 Å². The Hall–Kier alpha value is -0.800. The summed E-state index contributed by atoms with van der Waals surface area (Å²) >= 11 is 2.00. The number of nitrogens with zero attached hydrogens (tertiary/aromatic N) is 1. The maximum atomic E-state index is 12.2. The van der Waals surface area contributed by atoms with E-state index in [9.17, 15) is 4.79 Å². The highest BCUT2D eigenvalue weighted by molar-refractivity contribution is 7.99. The molecule has 1 aromatic rings. The molecule has 0 atom stereocenters. The van der Waals surface area contributed by atoms with Crippen molar-refractivity contribution >= 4 is 17.5 Å². The maximum Gasteiger partial charge on any atom is 0.176 e. The van der Waals surface area contributed by atoms with Crippen LogP contribution in [0.4, 0.5) is 0 Å². The molecule has 0 amide bonds. The summed E-state index contributed by atoms with van der Waals surface area (Å²) in [6.45, 7) is 4.86. The van der Waals surface area contributed by atoms with Crippen molar-refractivity contribution in [3.05, 3.63) is 35.4 Å². The van der Waals surface area contributed by atoms with E-state index >= 15 is 0 Å². The lowest BCUT2D eigenvalue weighted by Crippen LogP contribution is -2.31. The van der Waals surface area contributed by atoms with Gasteiger partial charge in [0.15, 0.2) is 5.78 Å². The van der Waals surface area contributed by atoms with Gasteiger partial charge in [0, 0.05) is 17.9 Å². The van der Waals surface area contributed by atoms with Crippen LogP contribution in [0.2, 0.25) is 0 Å². The van der Waals surface area contributed by atoms with E-state index in [0.29, 0.717) is 6.54 Å². The molecule has 0 aliphatic carbocycles. The van der Waals surface area contributed by atoms with E-state index in [-0.39, 0.29) is 5.78 Å². The lowest BCUT2D eigenvalue weighted by atomic mass is 10.1. The number of carbonyl (C=O) groups is 1. The second kappa shape index (κ2) is 7.71. The first-order valence-corrected chi connectivity index (χ1v) is 8.37. The number of benzene rings is 1. The van der Waals surface area contributed by atoms with Crippen molar-refractivity contribution in [2.45, 2.75) is 26.2 Å². The third-order valence-electron chi connectivity index (χ3n) is 3.50.